The van der Waals surface area contributed by atoms with Crippen molar-refractivity contribution >= 4 is 0 Å². The van der Waals surface area contributed by atoms with Gasteiger partial charge in [0.15, 0.2) is 0 Å². The van der Waals surface area contributed by atoms with E-state index < -0.39 is 0 Å². The molecule has 2 rings (SSSR count). The lowest BCUT2D eigenvalue weighted by Gasteiger charge is -2.24. The van der Waals surface area contributed by atoms with E-state index >= 15 is 0 Å². The van der Waals surface area contributed by atoms with Gasteiger partial charge in [-0.2, -0.15) is 0 Å². The first-order valence-corrected chi connectivity index (χ1v) is 7.66. The van der Waals surface area contributed by atoms with Gasteiger partial charge >= 0.3 is 0 Å². The third-order valence-electron chi connectivity index (χ3n) is 3.87. The van der Waals surface area contributed by atoms with Crippen LogP contribution in [0, 0.1) is 6.92 Å². The molecule has 0 aliphatic carbocycles. The van der Waals surface area contributed by atoms with Gasteiger partial charge in [-0.25, -0.2) is 0 Å². The molecule has 112 valence electrons. The molecule has 1 N–H and O–H groups in total. The molecule has 1 saturated heterocycles. The maximum atomic E-state index is 6.07. The summed E-state index contributed by atoms with van der Waals surface area (Å²) in [5.41, 5.74) is 2.24. The fraction of sp³-hybridized carbons (Fsp3) is 0.688. The molecule has 0 bridgehead atoms. The molecule has 1 aromatic heterocycles. The number of ether oxygens (including phenoxy) is 1. The highest BCUT2D eigenvalue weighted by Crippen LogP contribution is 2.20. The van der Waals surface area contributed by atoms with Gasteiger partial charge in [-0.05, 0) is 45.5 Å². The number of likely N-dealkylation sites (N-methyl/N-ethyl adjacent to an activating group) is 2. The minimum absolute atomic E-state index is 0.373. The Morgan fingerprint density at radius 1 is 1.35 bits per heavy atom. The van der Waals surface area contributed by atoms with Crippen LogP contribution < -0.4 is 5.32 Å². The molecule has 20 heavy (non-hydrogen) atoms. The summed E-state index contributed by atoms with van der Waals surface area (Å²) in [7, 11) is 1.98. The highest BCUT2D eigenvalue weighted by Gasteiger charge is 2.26. The molecule has 2 heterocycles. The van der Waals surface area contributed by atoms with Crippen LogP contribution in [0.25, 0.3) is 0 Å². The van der Waals surface area contributed by atoms with Crippen molar-refractivity contribution in [2.24, 2.45) is 0 Å². The number of hydrogen-bond donors (Lipinski definition) is 1. The predicted molar refractivity (Wildman–Crippen MR) is 81.7 cm³/mol. The quantitative estimate of drug-likeness (QED) is 0.827. The highest BCUT2D eigenvalue weighted by atomic mass is 16.5. The van der Waals surface area contributed by atoms with Crippen molar-refractivity contribution in [3.63, 3.8) is 0 Å². The largest absolute Gasteiger partial charge is 0.372 e. The van der Waals surface area contributed by atoms with Crippen LogP contribution in [0.5, 0.6) is 0 Å². The molecule has 0 aromatic carbocycles. The molecule has 1 aliphatic heterocycles. The minimum atomic E-state index is 0.373. The van der Waals surface area contributed by atoms with Gasteiger partial charge in [-0.1, -0.05) is 13.0 Å². The Balaban J connectivity index is 1.84. The fourth-order valence-electron chi connectivity index (χ4n) is 2.80. The Bertz CT molecular complexity index is 410. The highest BCUT2D eigenvalue weighted by molar-refractivity contribution is 5.09. The van der Waals surface area contributed by atoms with Crippen LogP contribution in [-0.4, -0.2) is 48.8 Å². The SMILES string of the molecule is CCN(Cc1cccc(C)n1)CC1CCC(CNC)O1. The zero-order valence-electron chi connectivity index (χ0n) is 12.9. The van der Waals surface area contributed by atoms with E-state index in [1.807, 2.05) is 20.0 Å². The molecule has 0 amide bonds. The number of nitrogens with one attached hydrogen (secondary N) is 1. The van der Waals surface area contributed by atoms with Gasteiger partial charge < -0.3 is 10.1 Å². The van der Waals surface area contributed by atoms with Crippen LogP contribution in [0.1, 0.15) is 31.2 Å². The predicted octanol–water partition coefficient (Wildman–Crippen LogP) is 1.98. The number of hydrogen-bond acceptors (Lipinski definition) is 4. The number of rotatable bonds is 7. The molecule has 1 fully saturated rings. The lowest BCUT2D eigenvalue weighted by molar-refractivity contribution is 0.0234. The average Bonchev–Trinajstić information content (AvgIpc) is 2.86. The van der Waals surface area contributed by atoms with Crippen molar-refractivity contribution < 1.29 is 4.74 Å². The summed E-state index contributed by atoms with van der Waals surface area (Å²) in [6.07, 6.45) is 3.11. The number of pyridine rings is 1. The molecule has 4 nitrogen and oxygen atoms in total. The first-order valence-electron chi connectivity index (χ1n) is 7.66. The van der Waals surface area contributed by atoms with Gasteiger partial charge in [-0.3, -0.25) is 9.88 Å². The van der Waals surface area contributed by atoms with Crippen molar-refractivity contribution in [3.8, 4) is 0 Å². The van der Waals surface area contributed by atoms with Crippen LogP contribution in [0.3, 0.4) is 0 Å². The van der Waals surface area contributed by atoms with Gasteiger partial charge in [0.2, 0.25) is 0 Å². The van der Waals surface area contributed by atoms with Crippen molar-refractivity contribution in [2.75, 3.05) is 26.7 Å². The van der Waals surface area contributed by atoms with E-state index in [0.717, 1.165) is 37.6 Å². The molecule has 0 radical (unpaired) electrons. The Hall–Kier alpha value is -0.970. The second-order valence-electron chi connectivity index (χ2n) is 5.61. The molecule has 1 aliphatic rings. The summed E-state index contributed by atoms with van der Waals surface area (Å²) < 4.78 is 6.07. The molecule has 4 heteroatoms. The summed E-state index contributed by atoms with van der Waals surface area (Å²) in [5, 5.41) is 3.19. The van der Waals surface area contributed by atoms with Crippen molar-refractivity contribution in [3.05, 3.63) is 29.6 Å². The molecule has 0 saturated carbocycles. The van der Waals surface area contributed by atoms with Crippen LogP contribution in [-0.2, 0) is 11.3 Å². The van der Waals surface area contributed by atoms with Gasteiger partial charge in [0.25, 0.3) is 0 Å². The zero-order valence-corrected chi connectivity index (χ0v) is 12.9. The maximum Gasteiger partial charge on any atom is 0.0707 e. The maximum absolute atomic E-state index is 6.07. The van der Waals surface area contributed by atoms with Crippen LogP contribution in [0.15, 0.2) is 18.2 Å². The average molecular weight is 277 g/mol. The summed E-state index contributed by atoms with van der Waals surface area (Å²) in [5.74, 6) is 0. The molecule has 2 unspecified atom stereocenters. The normalized spacial score (nSPS) is 22.6. The molecular formula is C16H27N3O. The van der Waals surface area contributed by atoms with Crippen LogP contribution in [0.2, 0.25) is 0 Å². The minimum Gasteiger partial charge on any atom is -0.372 e. The van der Waals surface area contributed by atoms with Gasteiger partial charge in [0.05, 0.1) is 17.9 Å². The summed E-state index contributed by atoms with van der Waals surface area (Å²) in [4.78, 5) is 7.01. The molecule has 2 atom stereocenters. The van der Waals surface area contributed by atoms with Gasteiger partial charge in [-0.15, -0.1) is 0 Å². The van der Waals surface area contributed by atoms with Crippen molar-refractivity contribution in [1.82, 2.24) is 15.2 Å². The Kier molecular flexibility index (Phi) is 5.95. The first kappa shape index (κ1) is 15.4. The smallest absolute Gasteiger partial charge is 0.0707 e. The first-order chi connectivity index (χ1) is 9.71. The van der Waals surface area contributed by atoms with Gasteiger partial charge in [0.1, 0.15) is 0 Å². The number of nitrogens with zero attached hydrogens (tertiary/aromatic N) is 2. The monoisotopic (exact) mass is 277 g/mol. The fourth-order valence-corrected chi connectivity index (χ4v) is 2.80. The molecular weight excluding hydrogens is 250 g/mol. The van der Waals surface area contributed by atoms with Crippen LogP contribution >= 0.6 is 0 Å². The van der Waals surface area contributed by atoms with E-state index in [1.165, 1.54) is 12.8 Å². The second-order valence-corrected chi connectivity index (χ2v) is 5.61. The summed E-state index contributed by atoms with van der Waals surface area (Å²) in [6, 6.07) is 6.23. The zero-order chi connectivity index (χ0) is 14.4. The Labute approximate surface area is 122 Å². The topological polar surface area (TPSA) is 37.4 Å². The van der Waals surface area contributed by atoms with E-state index in [1.54, 1.807) is 0 Å². The second kappa shape index (κ2) is 7.72. The molecule has 0 spiro atoms. The van der Waals surface area contributed by atoms with E-state index in [9.17, 15) is 0 Å². The van der Waals surface area contributed by atoms with E-state index in [-0.39, 0.29) is 0 Å². The van der Waals surface area contributed by atoms with Crippen LogP contribution in [0.4, 0.5) is 0 Å². The molecule has 1 aromatic rings. The van der Waals surface area contributed by atoms with E-state index in [0.29, 0.717) is 12.2 Å². The van der Waals surface area contributed by atoms with Crippen molar-refractivity contribution in [1.29, 1.82) is 0 Å². The standard InChI is InChI=1S/C16H27N3O/c1-4-19(11-14-7-5-6-13(2)18-14)12-16-9-8-15(20-16)10-17-3/h5-7,15-17H,4,8-12H2,1-3H3. The summed E-state index contributed by atoms with van der Waals surface area (Å²) >= 11 is 0. The lowest BCUT2D eigenvalue weighted by atomic mass is 10.2. The Morgan fingerprint density at radius 2 is 2.15 bits per heavy atom. The summed E-state index contributed by atoms with van der Waals surface area (Å²) in [6.45, 7) is 8.16. The van der Waals surface area contributed by atoms with Gasteiger partial charge in [0, 0.05) is 25.3 Å². The van der Waals surface area contributed by atoms with E-state index in [4.69, 9.17) is 4.74 Å². The lowest BCUT2D eigenvalue weighted by Crippen LogP contribution is -2.33. The number of aromatic nitrogens is 1. The number of aryl methyl sites for hydroxylation is 1. The third kappa shape index (κ3) is 4.54. The van der Waals surface area contributed by atoms with E-state index in [2.05, 4.69) is 34.3 Å². The Morgan fingerprint density at radius 3 is 2.85 bits per heavy atom. The third-order valence-corrected chi connectivity index (χ3v) is 3.87. The van der Waals surface area contributed by atoms with Crippen molar-refractivity contribution in [2.45, 2.75) is 45.4 Å².